The van der Waals surface area contributed by atoms with Gasteiger partial charge in [0.15, 0.2) is 11.9 Å². The van der Waals surface area contributed by atoms with E-state index in [-0.39, 0.29) is 11.3 Å². The van der Waals surface area contributed by atoms with Crippen molar-refractivity contribution in [2.45, 2.75) is 65.5 Å². The number of hydrogen-bond acceptors (Lipinski definition) is 3. The molecule has 0 spiro atoms. The monoisotopic (exact) mass is 229 g/mol. The van der Waals surface area contributed by atoms with Crippen molar-refractivity contribution in [2.75, 3.05) is 0 Å². The Morgan fingerprint density at radius 2 is 1.81 bits per heavy atom. The van der Waals surface area contributed by atoms with E-state index in [9.17, 15) is 9.59 Å². The highest BCUT2D eigenvalue weighted by Crippen LogP contribution is 2.07. The van der Waals surface area contributed by atoms with Crippen molar-refractivity contribution < 1.29 is 14.3 Å². The number of carbonyl (C=O) groups excluding carboxylic acids is 2. The van der Waals surface area contributed by atoms with Crippen LogP contribution in [0.15, 0.2) is 0 Å². The third kappa shape index (κ3) is 6.43. The molecule has 0 aliphatic rings. The van der Waals surface area contributed by atoms with Gasteiger partial charge in [0.1, 0.15) is 0 Å². The fourth-order valence-electron chi connectivity index (χ4n) is 1.25. The van der Waals surface area contributed by atoms with Gasteiger partial charge in [-0.2, -0.15) is 0 Å². The molecule has 0 aromatic heterocycles. The van der Waals surface area contributed by atoms with Crippen molar-refractivity contribution in [1.29, 1.82) is 0 Å². The summed E-state index contributed by atoms with van der Waals surface area (Å²) >= 11 is 0. The van der Waals surface area contributed by atoms with E-state index >= 15 is 0 Å². The highest BCUT2D eigenvalue weighted by molar-refractivity contribution is 5.85. The Morgan fingerprint density at radius 3 is 2.19 bits per heavy atom. The van der Waals surface area contributed by atoms with E-state index in [0.717, 1.165) is 6.42 Å². The molecular formula is C12H23NO3. The van der Waals surface area contributed by atoms with Crippen molar-refractivity contribution in [3.05, 3.63) is 0 Å². The minimum absolute atomic E-state index is 0.00550. The zero-order valence-electron chi connectivity index (χ0n) is 10.9. The Labute approximate surface area is 97.7 Å². The molecule has 16 heavy (non-hydrogen) atoms. The lowest BCUT2D eigenvalue weighted by Gasteiger charge is -2.22. The second kappa shape index (κ2) is 6.51. The third-order valence-electron chi connectivity index (χ3n) is 1.95. The van der Waals surface area contributed by atoms with Gasteiger partial charge in [-0.05, 0) is 33.6 Å². The van der Waals surface area contributed by atoms with Crippen LogP contribution in [0.2, 0.25) is 0 Å². The third-order valence-corrected chi connectivity index (χ3v) is 1.95. The maximum absolute atomic E-state index is 11.6. The predicted molar refractivity (Wildman–Crippen MR) is 63.4 cm³/mol. The molecular weight excluding hydrogens is 206 g/mol. The SMILES string of the molecule is CCCC(=O)C(CC)OC(=O)NC(C)(C)C. The summed E-state index contributed by atoms with van der Waals surface area (Å²) in [6.45, 7) is 9.36. The highest BCUT2D eigenvalue weighted by Gasteiger charge is 2.22. The lowest BCUT2D eigenvalue weighted by atomic mass is 10.1. The highest BCUT2D eigenvalue weighted by atomic mass is 16.6. The quantitative estimate of drug-likeness (QED) is 0.788. The van der Waals surface area contributed by atoms with Crippen LogP contribution < -0.4 is 5.32 Å². The maximum atomic E-state index is 11.6. The van der Waals surface area contributed by atoms with Gasteiger partial charge in [-0.1, -0.05) is 13.8 Å². The number of ketones is 1. The van der Waals surface area contributed by atoms with Gasteiger partial charge in [0.2, 0.25) is 0 Å². The molecule has 1 unspecified atom stereocenters. The van der Waals surface area contributed by atoms with Gasteiger partial charge in [0, 0.05) is 12.0 Å². The van der Waals surface area contributed by atoms with Crippen LogP contribution in [-0.2, 0) is 9.53 Å². The topological polar surface area (TPSA) is 55.4 Å². The van der Waals surface area contributed by atoms with E-state index in [4.69, 9.17) is 4.74 Å². The van der Waals surface area contributed by atoms with E-state index in [1.807, 2.05) is 34.6 Å². The van der Waals surface area contributed by atoms with Crippen LogP contribution in [0.5, 0.6) is 0 Å². The summed E-state index contributed by atoms with van der Waals surface area (Å²) in [7, 11) is 0. The van der Waals surface area contributed by atoms with Gasteiger partial charge >= 0.3 is 6.09 Å². The second-order valence-corrected chi connectivity index (χ2v) is 4.89. The lowest BCUT2D eigenvalue weighted by Crippen LogP contribution is -2.43. The van der Waals surface area contributed by atoms with Crippen molar-refractivity contribution in [1.82, 2.24) is 5.32 Å². The minimum atomic E-state index is -0.609. The molecule has 4 heteroatoms. The van der Waals surface area contributed by atoms with Gasteiger partial charge < -0.3 is 10.1 Å². The van der Waals surface area contributed by atoms with Gasteiger partial charge in [-0.3, -0.25) is 4.79 Å². The van der Waals surface area contributed by atoms with Crippen molar-refractivity contribution >= 4 is 11.9 Å². The largest absolute Gasteiger partial charge is 0.438 e. The van der Waals surface area contributed by atoms with Crippen LogP contribution in [-0.4, -0.2) is 23.5 Å². The summed E-state index contributed by atoms with van der Waals surface area (Å²) in [5, 5.41) is 2.67. The number of carbonyl (C=O) groups is 2. The fraction of sp³-hybridized carbons (Fsp3) is 0.833. The lowest BCUT2D eigenvalue weighted by molar-refractivity contribution is -0.127. The van der Waals surface area contributed by atoms with Gasteiger partial charge in [0.25, 0.3) is 0 Å². The molecule has 0 aliphatic heterocycles. The number of nitrogens with one attached hydrogen (secondary N) is 1. The zero-order valence-corrected chi connectivity index (χ0v) is 10.9. The summed E-state index contributed by atoms with van der Waals surface area (Å²) in [6, 6.07) is 0. The van der Waals surface area contributed by atoms with Gasteiger partial charge in [-0.25, -0.2) is 4.79 Å². The van der Waals surface area contributed by atoms with E-state index in [2.05, 4.69) is 5.32 Å². The normalized spacial score (nSPS) is 13.1. The summed E-state index contributed by atoms with van der Waals surface area (Å²) in [4.78, 5) is 23.0. The number of amides is 1. The average molecular weight is 229 g/mol. The van der Waals surface area contributed by atoms with E-state index in [1.165, 1.54) is 0 Å². The molecule has 0 aromatic rings. The van der Waals surface area contributed by atoms with Crippen LogP contribution in [0.3, 0.4) is 0 Å². The summed E-state index contributed by atoms with van der Waals surface area (Å²) in [6.07, 6.45) is 0.628. The predicted octanol–water partition coefficient (Wildman–Crippen LogP) is 2.66. The smallest absolute Gasteiger partial charge is 0.408 e. The molecule has 0 fully saturated rings. The Hall–Kier alpha value is -1.06. The van der Waals surface area contributed by atoms with E-state index in [0.29, 0.717) is 12.8 Å². The minimum Gasteiger partial charge on any atom is -0.438 e. The van der Waals surface area contributed by atoms with Gasteiger partial charge in [-0.15, -0.1) is 0 Å². The molecule has 0 radical (unpaired) electrons. The van der Waals surface area contributed by atoms with Crippen LogP contribution in [0.4, 0.5) is 4.79 Å². The van der Waals surface area contributed by atoms with Crippen molar-refractivity contribution in [3.63, 3.8) is 0 Å². The molecule has 1 N–H and O–H groups in total. The Kier molecular flexibility index (Phi) is 6.08. The second-order valence-electron chi connectivity index (χ2n) is 4.89. The van der Waals surface area contributed by atoms with E-state index < -0.39 is 12.2 Å². The molecule has 0 bridgehead atoms. The molecule has 0 saturated heterocycles. The van der Waals surface area contributed by atoms with E-state index in [1.54, 1.807) is 0 Å². The number of Topliss-reactive ketones (excluding diaryl/α,β-unsaturated/α-hetero) is 1. The zero-order chi connectivity index (χ0) is 12.8. The molecule has 0 rings (SSSR count). The fourth-order valence-corrected chi connectivity index (χ4v) is 1.25. The molecule has 94 valence electrons. The maximum Gasteiger partial charge on any atom is 0.408 e. The van der Waals surface area contributed by atoms with Gasteiger partial charge in [0.05, 0.1) is 0 Å². The number of ether oxygens (including phenoxy) is 1. The van der Waals surface area contributed by atoms with Crippen molar-refractivity contribution in [3.8, 4) is 0 Å². The molecule has 0 aromatic carbocycles. The van der Waals surface area contributed by atoms with Crippen LogP contribution in [0.1, 0.15) is 53.9 Å². The number of rotatable bonds is 5. The van der Waals surface area contributed by atoms with Crippen LogP contribution in [0, 0.1) is 0 Å². The summed E-state index contributed by atoms with van der Waals surface area (Å²) in [5.41, 5.74) is -0.344. The molecule has 4 nitrogen and oxygen atoms in total. The summed E-state index contributed by atoms with van der Waals surface area (Å²) < 4.78 is 5.09. The first-order valence-corrected chi connectivity index (χ1v) is 5.81. The molecule has 0 heterocycles. The Bertz CT molecular complexity index is 243. The van der Waals surface area contributed by atoms with Crippen LogP contribution in [0.25, 0.3) is 0 Å². The number of hydrogen-bond donors (Lipinski definition) is 1. The molecule has 1 atom stereocenters. The van der Waals surface area contributed by atoms with Crippen molar-refractivity contribution in [2.24, 2.45) is 0 Å². The molecule has 0 saturated carbocycles. The van der Waals surface area contributed by atoms with Crippen LogP contribution >= 0.6 is 0 Å². The Balaban J connectivity index is 4.22. The standard InChI is InChI=1S/C12H23NO3/c1-6-8-9(14)10(7-2)16-11(15)13-12(3,4)5/h10H,6-8H2,1-5H3,(H,13,15). The first kappa shape index (κ1) is 14.9. The molecule has 0 aliphatic carbocycles. The Morgan fingerprint density at radius 1 is 1.25 bits per heavy atom. The molecule has 1 amide bonds. The summed E-state index contributed by atoms with van der Waals surface area (Å²) in [5.74, 6) is -0.00550. The number of alkyl carbamates (subject to hydrolysis) is 1. The average Bonchev–Trinajstić information content (AvgIpc) is 2.11. The first-order chi connectivity index (χ1) is 7.30. The first-order valence-electron chi connectivity index (χ1n) is 5.81.